The number of anilines is 1. The predicted molar refractivity (Wildman–Crippen MR) is 68.9 cm³/mol. The molecular weight excluding hydrogens is 244 g/mol. The molecule has 1 aliphatic heterocycles. The molecule has 0 radical (unpaired) electrons. The van der Waals surface area contributed by atoms with Gasteiger partial charge in [-0.2, -0.15) is 4.98 Å². The summed E-state index contributed by atoms with van der Waals surface area (Å²) >= 11 is 0. The summed E-state index contributed by atoms with van der Waals surface area (Å²) in [5, 5.41) is 3.96. The van der Waals surface area contributed by atoms with Gasteiger partial charge in [-0.3, -0.25) is 4.98 Å². The predicted octanol–water partition coefficient (Wildman–Crippen LogP) is 1.78. The number of rotatable bonds is 3. The second-order valence-electron chi connectivity index (χ2n) is 4.80. The Morgan fingerprint density at radius 1 is 1.37 bits per heavy atom. The molecule has 2 aromatic rings. The van der Waals surface area contributed by atoms with Crippen LogP contribution in [0.5, 0.6) is 0 Å². The lowest BCUT2D eigenvalue weighted by Gasteiger charge is -2.14. The molecule has 0 unspecified atom stereocenters. The second-order valence-corrected chi connectivity index (χ2v) is 4.80. The molecule has 0 aliphatic carbocycles. The molecule has 2 atom stereocenters. The van der Waals surface area contributed by atoms with Gasteiger partial charge in [-0.1, -0.05) is 6.07 Å². The summed E-state index contributed by atoms with van der Waals surface area (Å²) in [7, 11) is 3.77. The summed E-state index contributed by atoms with van der Waals surface area (Å²) in [5.41, 5.74) is 1.05. The maximum absolute atomic E-state index is 5.79. The zero-order chi connectivity index (χ0) is 13.2. The van der Waals surface area contributed by atoms with Crippen molar-refractivity contribution in [3.8, 4) is 0 Å². The molecular formula is C13H16N4O2. The Hall–Kier alpha value is -1.95. The smallest absolute Gasteiger partial charge is 0.265 e. The van der Waals surface area contributed by atoms with Gasteiger partial charge in [0.1, 0.15) is 0 Å². The number of aromatic nitrogens is 3. The van der Waals surface area contributed by atoms with Crippen LogP contribution in [0.15, 0.2) is 29.0 Å². The van der Waals surface area contributed by atoms with Crippen molar-refractivity contribution in [2.24, 2.45) is 0 Å². The monoisotopic (exact) mass is 260 g/mol. The molecule has 0 spiro atoms. The van der Waals surface area contributed by atoms with Crippen LogP contribution >= 0.6 is 0 Å². The van der Waals surface area contributed by atoms with E-state index in [1.807, 2.05) is 37.3 Å². The second kappa shape index (κ2) is 4.97. The summed E-state index contributed by atoms with van der Waals surface area (Å²) in [4.78, 5) is 10.4. The van der Waals surface area contributed by atoms with E-state index in [0.717, 1.165) is 12.0 Å². The minimum atomic E-state index is -0.0517. The SMILES string of the molecule is CN(C)c1noc([C@H]2CCO[C@@H]2c2cccnc2)n1. The van der Waals surface area contributed by atoms with Crippen LogP contribution in [-0.4, -0.2) is 35.8 Å². The number of ether oxygens (including phenoxy) is 1. The number of nitrogens with zero attached hydrogens (tertiary/aromatic N) is 4. The van der Waals surface area contributed by atoms with Crippen LogP contribution in [0.3, 0.4) is 0 Å². The van der Waals surface area contributed by atoms with Crippen LogP contribution in [-0.2, 0) is 4.74 Å². The van der Waals surface area contributed by atoms with Gasteiger partial charge in [0, 0.05) is 33.1 Å². The molecule has 1 fully saturated rings. The quantitative estimate of drug-likeness (QED) is 0.838. The van der Waals surface area contributed by atoms with Gasteiger partial charge >= 0.3 is 0 Å². The molecule has 19 heavy (non-hydrogen) atoms. The van der Waals surface area contributed by atoms with Crippen molar-refractivity contribution < 1.29 is 9.26 Å². The van der Waals surface area contributed by atoms with E-state index in [1.165, 1.54) is 0 Å². The summed E-state index contributed by atoms with van der Waals surface area (Å²) in [5.74, 6) is 1.33. The zero-order valence-corrected chi connectivity index (χ0v) is 11.0. The highest BCUT2D eigenvalue weighted by molar-refractivity contribution is 5.26. The van der Waals surface area contributed by atoms with Gasteiger partial charge in [-0.15, -0.1) is 0 Å². The van der Waals surface area contributed by atoms with Crippen LogP contribution < -0.4 is 4.90 Å². The summed E-state index contributed by atoms with van der Waals surface area (Å²) < 4.78 is 11.2. The lowest BCUT2D eigenvalue weighted by atomic mass is 9.96. The van der Waals surface area contributed by atoms with Crippen molar-refractivity contribution in [3.05, 3.63) is 36.0 Å². The van der Waals surface area contributed by atoms with Crippen LogP contribution in [0.4, 0.5) is 5.95 Å². The first-order valence-corrected chi connectivity index (χ1v) is 6.28. The molecule has 1 saturated heterocycles. The lowest BCUT2D eigenvalue weighted by molar-refractivity contribution is 0.0984. The third kappa shape index (κ3) is 2.31. The minimum Gasteiger partial charge on any atom is -0.373 e. The normalized spacial score (nSPS) is 22.6. The van der Waals surface area contributed by atoms with Crippen LogP contribution in [0.25, 0.3) is 0 Å². The van der Waals surface area contributed by atoms with E-state index in [-0.39, 0.29) is 12.0 Å². The number of pyridine rings is 1. The third-order valence-electron chi connectivity index (χ3n) is 3.25. The zero-order valence-electron chi connectivity index (χ0n) is 11.0. The van der Waals surface area contributed by atoms with E-state index in [4.69, 9.17) is 9.26 Å². The van der Waals surface area contributed by atoms with Crippen molar-refractivity contribution in [2.45, 2.75) is 18.4 Å². The summed E-state index contributed by atoms with van der Waals surface area (Å²) in [6, 6.07) is 3.92. The maximum Gasteiger partial charge on any atom is 0.265 e. The standard InChI is InChI=1S/C13H16N4O2/c1-17(2)13-15-12(19-16-13)10-5-7-18-11(10)9-4-3-6-14-8-9/h3-4,6,8,10-11H,5,7H2,1-2H3/t10-,11+/m0/s1. The van der Waals surface area contributed by atoms with Crippen molar-refractivity contribution in [2.75, 3.05) is 25.6 Å². The average molecular weight is 260 g/mol. The third-order valence-corrected chi connectivity index (χ3v) is 3.25. The van der Waals surface area contributed by atoms with Gasteiger partial charge in [0.05, 0.1) is 12.0 Å². The highest BCUT2D eigenvalue weighted by Gasteiger charge is 2.35. The first-order valence-electron chi connectivity index (χ1n) is 6.28. The molecule has 0 N–H and O–H groups in total. The molecule has 0 amide bonds. The van der Waals surface area contributed by atoms with E-state index in [0.29, 0.717) is 18.4 Å². The molecule has 1 aliphatic rings. The molecule has 100 valence electrons. The Morgan fingerprint density at radius 2 is 2.26 bits per heavy atom. The van der Waals surface area contributed by atoms with Gasteiger partial charge in [0.15, 0.2) is 0 Å². The van der Waals surface area contributed by atoms with Crippen molar-refractivity contribution in [1.29, 1.82) is 0 Å². The molecule has 3 rings (SSSR count). The Kier molecular flexibility index (Phi) is 3.16. The van der Waals surface area contributed by atoms with E-state index in [2.05, 4.69) is 15.1 Å². The van der Waals surface area contributed by atoms with E-state index >= 15 is 0 Å². The Bertz CT molecular complexity index is 541. The van der Waals surface area contributed by atoms with Gasteiger partial charge in [-0.25, -0.2) is 0 Å². The van der Waals surface area contributed by atoms with Crippen LogP contribution in [0.1, 0.15) is 29.9 Å². The number of hydrogen-bond donors (Lipinski definition) is 0. The lowest BCUT2D eigenvalue weighted by Crippen LogP contribution is -2.11. The van der Waals surface area contributed by atoms with Crippen molar-refractivity contribution >= 4 is 5.95 Å². The largest absolute Gasteiger partial charge is 0.373 e. The summed E-state index contributed by atoms with van der Waals surface area (Å²) in [6.07, 6.45) is 4.41. The van der Waals surface area contributed by atoms with E-state index in [9.17, 15) is 0 Å². The topological polar surface area (TPSA) is 64.3 Å². The molecule has 0 bridgehead atoms. The Balaban J connectivity index is 1.86. The Morgan fingerprint density at radius 3 is 2.95 bits per heavy atom. The highest BCUT2D eigenvalue weighted by Crippen LogP contribution is 2.40. The van der Waals surface area contributed by atoms with Gasteiger partial charge < -0.3 is 14.2 Å². The highest BCUT2D eigenvalue weighted by atomic mass is 16.5. The van der Waals surface area contributed by atoms with E-state index < -0.39 is 0 Å². The molecule has 6 heteroatoms. The minimum absolute atomic E-state index is 0.0517. The van der Waals surface area contributed by atoms with Gasteiger partial charge in [0.2, 0.25) is 5.89 Å². The fourth-order valence-electron chi connectivity index (χ4n) is 2.27. The molecule has 0 saturated carbocycles. The van der Waals surface area contributed by atoms with Crippen molar-refractivity contribution in [1.82, 2.24) is 15.1 Å². The Labute approximate surface area is 111 Å². The van der Waals surface area contributed by atoms with Crippen molar-refractivity contribution in [3.63, 3.8) is 0 Å². The maximum atomic E-state index is 5.79. The first-order chi connectivity index (χ1) is 9.25. The molecule has 2 aromatic heterocycles. The van der Waals surface area contributed by atoms with Crippen LogP contribution in [0, 0.1) is 0 Å². The molecule has 3 heterocycles. The van der Waals surface area contributed by atoms with Crippen LogP contribution in [0.2, 0.25) is 0 Å². The molecule has 0 aromatic carbocycles. The first kappa shape index (κ1) is 12.1. The fourth-order valence-corrected chi connectivity index (χ4v) is 2.27. The van der Waals surface area contributed by atoms with Gasteiger partial charge in [0.25, 0.3) is 5.95 Å². The summed E-state index contributed by atoms with van der Waals surface area (Å²) in [6.45, 7) is 0.698. The fraction of sp³-hybridized carbons (Fsp3) is 0.462. The van der Waals surface area contributed by atoms with E-state index in [1.54, 1.807) is 6.20 Å². The average Bonchev–Trinajstić information content (AvgIpc) is 3.08. The van der Waals surface area contributed by atoms with Gasteiger partial charge in [-0.05, 0) is 23.2 Å². The molecule has 6 nitrogen and oxygen atoms in total. The number of hydrogen-bond acceptors (Lipinski definition) is 6.